The molecule has 2 rings (SSSR count). The van der Waals surface area contributed by atoms with Crippen LogP contribution in [0.25, 0.3) is 0 Å². The number of pyridine rings is 1. The van der Waals surface area contributed by atoms with Crippen LogP contribution in [0.15, 0.2) is 23.3 Å². The van der Waals surface area contributed by atoms with Crippen molar-refractivity contribution in [3.05, 3.63) is 23.9 Å². The summed E-state index contributed by atoms with van der Waals surface area (Å²) in [6.07, 6.45) is 6.31. The fourth-order valence-electron chi connectivity index (χ4n) is 2.98. The summed E-state index contributed by atoms with van der Waals surface area (Å²) in [6, 6.07) is 3.95. The Bertz CT molecular complexity index is 562. The van der Waals surface area contributed by atoms with E-state index in [1.165, 1.54) is 12.8 Å². The minimum atomic E-state index is 0. The van der Waals surface area contributed by atoms with Crippen LogP contribution < -0.4 is 15.4 Å². The maximum absolute atomic E-state index is 9.27. The Morgan fingerprint density at radius 3 is 2.68 bits per heavy atom. The zero-order chi connectivity index (χ0) is 19.5. The third-order valence-electron chi connectivity index (χ3n) is 4.63. The second-order valence-electron chi connectivity index (χ2n) is 7.84. The van der Waals surface area contributed by atoms with Crippen molar-refractivity contribution in [2.24, 2.45) is 22.7 Å². The molecule has 0 aromatic carbocycles. The fourth-order valence-corrected chi connectivity index (χ4v) is 2.98. The molecule has 0 spiro atoms. The quantitative estimate of drug-likeness (QED) is 0.231. The van der Waals surface area contributed by atoms with Gasteiger partial charge in [-0.15, -0.1) is 24.0 Å². The van der Waals surface area contributed by atoms with Gasteiger partial charge in [0, 0.05) is 32.0 Å². The Labute approximate surface area is 187 Å². The van der Waals surface area contributed by atoms with Crippen molar-refractivity contribution in [1.82, 2.24) is 15.6 Å². The molecule has 1 atom stereocenters. The summed E-state index contributed by atoms with van der Waals surface area (Å²) in [5.41, 5.74) is 1.06. The van der Waals surface area contributed by atoms with Crippen molar-refractivity contribution in [3.63, 3.8) is 0 Å². The molecule has 1 aliphatic rings. The van der Waals surface area contributed by atoms with E-state index in [1.54, 1.807) is 0 Å². The van der Waals surface area contributed by atoms with Crippen LogP contribution in [-0.2, 0) is 6.54 Å². The van der Waals surface area contributed by atoms with Crippen molar-refractivity contribution in [2.45, 2.75) is 53.0 Å². The van der Waals surface area contributed by atoms with Crippen molar-refractivity contribution in [2.75, 3.05) is 26.3 Å². The number of ether oxygens (including phenoxy) is 1. The first-order valence-electron chi connectivity index (χ1n) is 10.3. The van der Waals surface area contributed by atoms with E-state index in [4.69, 9.17) is 4.74 Å². The van der Waals surface area contributed by atoms with E-state index in [0.29, 0.717) is 24.3 Å². The maximum atomic E-state index is 9.27. The van der Waals surface area contributed by atoms with Crippen molar-refractivity contribution < 1.29 is 9.84 Å². The molecular weight excluding hydrogens is 467 g/mol. The highest BCUT2D eigenvalue weighted by atomic mass is 127. The summed E-state index contributed by atoms with van der Waals surface area (Å²) < 4.78 is 5.68. The molecule has 1 fully saturated rings. The largest absolute Gasteiger partial charge is 0.477 e. The summed E-state index contributed by atoms with van der Waals surface area (Å²) in [5.74, 6) is 3.30. The van der Waals surface area contributed by atoms with Crippen molar-refractivity contribution in [3.8, 4) is 5.88 Å². The van der Waals surface area contributed by atoms with Gasteiger partial charge in [-0.1, -0.05) is 19.9 Å². The van der Waals surface area contributed by atoms with Gasteiger partial charge >= 0.3 is 0 Å². The topological polar surface area (TPSA) is 78.8 Å². The molecule has 160 valence electrons. The average molecular weight is 504 g/mol. The van der Waals surface area contributed by atoms with E-state index in [1.807, 2.05) is 18.3 Å². The van der Waals surface area contributed by atoms with E-state index >= 15 is 0 Å². The van der Waals surface area contributed by atoms with Gasteiger partial charge in [-0.05, 0) is 55.9 Å². The predicted octanol–water partition coefficient (Wildman–Crippen LogP) is 3.59. The Balaban J connectivity index is 0.00000392. The minimum absolute atomic E-state index is 0. The number of nitrogens with zero attached hydrogens (tertiary/aromatic N) is 2. The number of hydrogen-bond donors (Lipinski definition) is 3. The Kier molecular flexibility index (Phi) is 12.5. The second-order valence-corrected chi connectivity index (χ2v) is 7.84. The summed E-state index contributed by atoms with van der Waals surface area (Å²) >= 11 is 0. The second kappa shape index (κ2) is 14.0. The summed E-state index contributed by atoms with van der Waals surface area (Å²) in [7, 11) is 0. The van der Waals surface area contributed by atoms with Crippen LogP contribution in [0, 0.1) is 17.8 Å². The number of aromatic nitrogens is 1. The number of aliphatic hydroxyl groups excluding tert-OH is 1. The normalized spacial score (nSPS) is 15.1. The molecule has 7 heteroatoms. The predicted molar refractivity (Wildman–Crippen MR) is 125 cm³/mol. The lowest BCUT2D eigenvalue weighted by molar-refractivity contribution is 0.243. The SMILES string of the molecule is CCNC(=NCc1ccc(OCC2CC2)nc1)NCC(CCO)CC(C)C.I. The minimum Gasteiger partial charge on any atom is -0.477 e. The van der Waals surface area contributed by atoms with Gasteiger partial charge in [0.05, 0.1) is 13.2 Å². The molecule has 1 unspecified atom stereocenters. The summed E-state index contributed by atoms with van der Waals surface area (Å²) in [4.78, 5) is 9.03. The number of halogens is 1. The number of aliphatic hydroxyl groups is 1. The highest BCUT2D eigenvalue weighted by molar-refractivity contribution is 14.0. The lowest BCUT2D eigenvalue weighted by Crippen LogP contribution is -2.40. The number of guanidine groups is 1. The zero-order valence-electron chi connectivity index (χ0n) is 17.5. The molecule has 28 heavy (non-hydrogen) atoms. The number of hydrogen-bond acceptors (Lipinski definition) is 4. The van der Waals surface area contributed by atoms with Gasteiger partial charge in [-0.2, -0.15) is 0 Å². The molecule has 6 nitrogen and oxygen atoms in total. The van der Waals surface area contributed by atoms with Crippen LogP contribution in [0.1, 0.15) is 52.0 Å². The average Bonchev–Trinajstić information content (AvgIpc) is 3.47. The molecule has 1 aliphatic carbocycles. The molecule has 0 saturated heterocycles. The van der Waals surface area contributed by atoms with Gasteiger partial charge in [-0.3, -0.25) is 0 Å². The van der Waals surface area contributed by atoms with Crippen LogP contribution in [0.5, 0.6) is 5.88 Å². The molecule has 1 saturated carbocycles. The van der Waals surface area contributed by atoms with E-state index in [0.717, 1.165) is 50.0 Å². The standard InChI is InChI=1S/C21H36N4O2.HI/c1-4-22-21(24-12-18(9-10-26)11-16(2)3)25-14-19-7-8-20(23-13-19)27-15-17-5-6-17;/h7-8,13,16-18,26H,4-6,9-12,14-15H2,1-3H3,(H2,22,24,25);1H. The first-order valence-corrected chi connectivity index (χ1v) is 10.3. The van der Waals surface area contributed by atoms with Crippen LogP contribution in [0.4, 0.5) is 0 Å². The molecule has 0 aliphatic heterocycles. The van der Waals surface area contributed by atoms with Gasteiger partial charge in [0.15, 0.2) is 5.96 Å². The van der Waals surface area contributed by atoms with Crippen molar-refractivity contribution in [1.29, 1.82) is 0 Å². The fraction of sp³-hybridized carbons (Fsp3) is 0.714. The maximum Gasteiger partial charge on any atom is 0.213 e. The third kappa shape index (κ3) is 10.5. The first kappa shape index (κ1) is 24.9. The van der Waals surface area contributed by atoms with E-state index in [-0.39, 0.29) is 30.6 Å². The lowest BCUT2D eigenvalue weighted by Gasteiger charge is -2.20. The van der Waals surface area contributed by atoms with E-state index in [9.17, 15) is 5.11 Å². The molecule has 1 heterocycles. The highest BCUT2D eigenvalue weighted by Crippen LogP contribution is 2.29. The van der Waals surface area contributed by atoms with Gasteiger partial charge < -0.3 is 20.5 Å². The Morgan fingerprint density at radius 2 is 2.11 bits per heavy atom. The van der Waals surface area contributed by atoms with Crippen LogP contribution in [0.3, 0.4) is 0 Å². The van der Waals surface area contributed by atoms with Crippen LogP contribution in [-0.4, -0.2) is 42.4 Å². The molecule has 0 radical (unpaired) electrons. The highest BCUT2D eigenvalue weighted by Gasteiger charge is 2.22. The Hall–Kier alpha value is -1.09. The van der Waals surface area contributed by atoms with Gasteiger partial charge in [0.1, 0.15) is 0 Å². The Morgan fingerprint density at radius 1 is 1.32 bits per heavy atom. The van der Waals surface area contributed by atoms with Crippen LogP contribution >= 0.6 is 24.0 Å². The molecule has 1 aromatic rings. The molecular formula is C21H37IN4O2. The van der Waals surface area contributed by atoms with Gasteiger partial charge in [0.2, 0.25) is 5.88 Å². The summed E-state index contributed by atoms with van der Waals surface area (Å²) in [5, 5.41) is 16.0. The molecule has 0 bridgehead atoms. The first-order chi connectivity index (χ1) is 13.1. The number of aliphatic imine (C=N–C) groups is 1. The molecule has 3 N–H and O–H groups in total. The third-order valence-corrected chi connectivity index (χ3v) is 4.63. The molecule has 1 aromatic heterocycles. The van der Waals surface area contributed by atoms with Gasteiger partial charge in [0.25, 0.3) is 0 Å². The zero-order valence-corrected chi connectivity index (χ0v) is 19.8. The van der Waals surface area contributed by atoms with Crippen LogP contribution in [0.2, 0.25) is 0 Å². The number of rotatable bonds is 12. The van der Waals surface area contributed by atoms with E-state index in [2.05, 4.69) is 41.4 Å². The van der Waals surface area contributed by atoms with E-state index < -0.39 is 0 Å². The lowest BCUT2D eigenvalue weighted by atomic mass is 9.94. The van der Waals surface area contributed by atoms with Crippen molar-refractivity contribution >= 4 is 29.9 Å². The molecule has 0 amide bonds. The smallest absolute Gasteiger partial charge is 0.213 e. The monoisotopic (exact) mass is 504 g/mol. The summed E-state index contributed by atoms with van der Waals surface area (Å²) in [6.45, 7) is 9.70. The van der Waals surface area contributed by atoms with Gasteiger partial charge in [-0.25, -0.2) is 9.98 Å². The number of nitrogens with one attached hydrogen (secondary N) is 2.